The Morgan fingerprint density at radius 1 is 1.22 bits per heavy atom. The third-order valence-electron chi connectivity index (χ3n) is 4.57. The van der Waals surface area contributed by atoms with E-state index in [-0.39, 0.29) is 29.2 Å². The highest BCUT2D eigenvalue weighted by Gasteiger charge is 2.24. The second-order valence-electron chi connectivity index (χ2n) is 6.26. The van der Waals surface area contributed by atoms with Gasteiger partial charge in [0.1, 0.15) is 17.1 Å². The molecular weight excluding hydrogens is 368 g/mol. The smallest absolute Gasteiger partial charge is 0.337 e. The lowest BCUT2D eigenvalue weighted by atomic mass is 10.2. The predicted octanol–water partition coefficient (Wildman–Crippen LogP) is 1.84. The first-order valence-electron chi connectivity index (χ1n) is 8.51. The van der Waals surface area contributed by atoms with Gasteiger partial charge in [-0.05, 0) is 25.0 Å². The lowest BCUT2D eigenvalue weighted by Crippen LogP contribution is -2.35. The highest BCUT2D eigenvalue weighted by molar-refractivity contribution is 7.17. The zero-order chi connectivity index (χ0) is 19.0. The highest BCUT2D eigenvalue weighted by atomic mass is 32.1. The lowest BCUT2D eigenvalue weighted by molar-refractivity contribution is -0.130. The number of hydrogen-bond donors (Lipinski definition) is 1. The van der Waals surface area contributed by atoms with Crippen molar-refractivity contribution >= 4 is 33.4 Å². The van der Waals surface area contributed by atoms with Crippen LogP contribution in [-0.2, 0) is 11.3 Å². The quantitative estimate of drug-likeness (QED) is 0.736. The minimum atomic E-state index is -1.19. The first-order chi connectivity index (χ1) is 13.1. The maximum absolute atomic E-state index is 13.1. The van der Waals surface area contributed by atoms with E-state index in [9.17, 15) is 19.5 Å². The van der Waals surface area contributed by atoms with E-state index < -0.39 is 11.5 Å². The number of aromatic nitrogens is 3. The maximum atomic E-state index is 13.1. The van der Waals surface area contributed by atoms with Gasteiger partial charge in [0.2, 0.25) is 5.91 Å². The summed E-state index contributed by atoms with van der Waals surface area (Å²) in [6, 6.07) is 5.21. The van der Waals surface area contributed by atoms with Gasteiger partial charge < -0.3 is 10.0 Å². The molecule has 0 unspecified atom stereocenters. The summed E-state index contributed by atoms with van der Waals surface area (Å²) in [4.78, 5) is 48.0. The van der Waals surface area contributed by atoms with E-state index in [0.717, 1.165) is 24.2 Å². The minimum Gasteiger partial charge on any atom is -0.478 e. The van der Waals surface area contributed by atoms with Crippen molar-refractivity contribution in [1.29, 1.82) is 0 Å². The fourth-order valence-corrected chi connectivity index (χ4v) is 4.12. The largest absolute Gasteiger partial charge is 0.478 e. The fourth-order valence-electron chi connectivity index (χ4n) is 3.22. The normalized spacial score (nSPS) is 14.0. The van der Waals surface area contributed by atoms with E-state index in [1.807, 2.05) is 0 Å². The molecule has 4 rings (SSSR count). The molecule has 3 aromatic rings. The third kappa shape index (κ3) is 3.10. The van der Waals surface area contributed by atoms with Crippen molar-refractivity contribution in [3.63, 3.8) is 0 Å². The fraction of sp³-hybridized carbons (Fsp3) is 0.278. The third-order valence-corrected chi connectivity index (χ3v) is 5.44. The summed E-state index contributed by atoms with van der Waals surface area (Å²) in [5, 5.41) is 10.8. The number of pyridine rings is 1. The van der Waals surface area contributed by atoms with Crippen LogP contribution in [0.4, 0.5) is 0 Å². The van der Waals surface area contributed by atoms with Gasteiger partial charge in [0, 0.05) is 24.7 Å². The monoisotopic (exact) mass is 384 g/mol. The van der Waals surface area contributed by atoms with Crippen LogP contribution < -0.4 is 5.56 Å². The molecule has 0 spiro atoms. The molecule has 1 aliphatic rings. The number of carbonyl (C=O) groups is 2. The molecule has 1 aliphatic heterocycles. The summed E-state index contributed by atoms with van der Waals surface area (Å²) >= 11 is 1.09. The molecule has 27 heavy (non-hydrogen) atoms. The van der Waals surface area contributed by atoms with Gasteiger partial charge in [0.05, 0.1) is 10.9 Å². The van der Waals surface area contributed by atoms with Gasteiger partial charge in [-0.15, -0.1) is 11.3 Å². The number of fused-ring (bicyclic) bond motifs is 1. The number of carboxylic acid groups (broad SMARTS) is 1. The van der Waals surface area contributed by atoms with Crippen molar-refractivity contribution in [1.82, 2.24) is 19.4 Å². The van der Waals surface area contributed by atoms with Crippen molar-refractivity contribution in [2.24, 2.45) is 0 Å². The van der Waals surface area contributed by atoms with Gasteiger partial charge in [0.25, 0.3) is 5.56 Å². The van der Waals surface area contributed by atoms with Gasteiger partial charge in [-0.25, -0.2) is 9.78 Å². The van der Waals surface area contributed by atoms with Crippen molar-refractivity contribution in [3.05, 3.63) is 45.7 Å². The summed E-state index contributed by atoms with van der Waals surface area (Å²) < 4.78 is 1.24. The van der Waals surface area contributed by atoms with E-state index in [0.29, 0.717) is 23.6 Å². The molecule has 1 amide bonds. The number of aromatic carboxylic acids is 1. The van der Waals surface area contributed by atoms with Crippen LogP contribution >= 0.6 is 11.3 Å². The van der Waals surface area contributed by atoms with Crippen LogP contribution in [0.2, 0.25) is 0 Å². The zero-order valence-corrected chi connectivity index (χ0v) is 15.1. The predicted molar refractivity (Wildman–Crippen MR) is 99.9 cm³/mol. The molecule has 0 atom stereocenters. The lowest BCUT2D eigenvalue weighted by Gasteiger charge is -2.18. The van der Waals surface area contributed by atoms with Gasteiger partial charge in [-0.3, -0.25) is 19.1 Å². The van der Waals surface area contributed by atoms with Crippen LogP contribution in [-0.4, -0.2) is 49.5 Å². The number of carbonyl (C=O) groups excluding carboxylic acids is 1. The van der Waals surface area contributed by atoms with Gasteiger partial charge in [-0.1, -0.05) is 6.07 Å². The second kappa shape index (κ2) is 6.92. The Kier molecular flexibility index (Phi) is 4.44. The summed E-state index contributed by atoms with van der Waals surface area (Å²) in [6.07, 6.45) is 3.47. The maximum Gasteiger partial charge on any atom is 0.337 e. The molecular formula is C18H16N4O4S. The molecule has 1 fully saturated rings. The molecule has 9 heteroatoms. The number of carboxylic acids is 1. The number of thiophene rings is 1. The van der Waals surface area contributed by atoms with Crippen LogP contribution in [0, 0.1) is 0 Å². The van der Waals surface area contributed by atoms with Gasteiger partial charge in [0.15, 0.2) is 5.82 Å². The van der Waals surface area contributed by atoms with Crippen LogP contribution in [0.15, 0.2) is 34.6 Å². The Balaban J connectivity index is 1.90. The van der Waals surface area contributed by atoms with E-state index in [1.165, 1.54) is 9.95 Å². The van der Waals surface area contributed by atoms with Crippen molar-refractivity contribution < 1.29 is 14.7 Å². The van der Waals surface area contributed by atoms with E-state index in [4.69, 9.17) is 0 Å². The molecule has 4 heterocycles. The van der Waals surface area contributed by atoms with Crippen molar-refractivity contribution in [2.75, 3.05) is 13.1 Å². The summed E-state index contributed by atoms with van der Waals surface area (Å²) in [5.41, 5.74) is -0.176. The molecule has 0 bridgehead atoms. The SMILES string of the molecule is O=C(O)c1csc2nc(-c3ccccn3)n(CC(=O)N3CCCC3)c(=O)c12. The Hall–Kier alpha value is -3.07. The average molecular weight is 384 g/mol. The van der Waals surface area contributed by atoms with Crippen molar-refractivity contribution in [2.45, 2.75) is 19.4 Å². The Morgan fingerprint density at radius 3 is 2.67 bits per heavy atom. The van der Waals surface area contributed by atoms with Crippen LogP contribution in [0.25, 0.3) is 21.7 Å². The first kappa shape index (κ1) is 17.3. The standard InChI is InChI=1S/C18H16N4O4S/c23-13(21-7-3-4-8-21)9-22-15(12-5-1-2-6-19-12)20-16-14(17(22)24)11(10-27-16)18(25)26/h1-2,5-6,10H,3-4,7-9H2,(H,25,26). The molecule has 0 radical (unpaired) electrons. The molecule has 1 saturated heterocycles. The van der Waals surface area contributed by atoms with E-state index >= 15 is 0 Å². The molecule has 3 aromatic heterocycles. The number of rotatable bonds is 4. The summed E-state index contributed by atoms with van der Waals surface area (Å²) in [6.45, 7) is 1.14. The molecule has 0 aromatic carbocycles. The van der Waals surface area contributed by atoms with Crippen LogP contribution in [0.5, 0.6) is 0 Å². The molecule has 8 nitrogen and oxygen atoms in total. The number of amides is 1. The molecule has 138 valence electrons. The summed E-state index contributed by atoms with van der Waals surface area (Å²) in [7, 11) is 0. The minimum absolute atomic E-state index is 0.0291. The van der Waals surface area contributed by atoms with Crippen LogP contribution in [0.3, 0.4) is 0 Å². The van der Waals surface area contributed by atoms with Crippen LogP contribution in [0.1, 0.15) is 23.2 Å². The van der Waals surface area contributed by atoms with Gasteiger partial charge in [-0.2, -0.15) is 0 Å². The van der Waals surface area contributed by atoms with Crippen molar-refractivity contribution in [3.8, 4) is 11.5 Å². The second-order valence-corrected chi connectivity index (χ2v) is 7.12. The topological polar surface area (TPSA) is 105 Å². The van der Waals surface area contributed by atoms with Gasteiger partial charge >= 0.3 is 5.97 Å². The first-order valence-corrected chi connectivity index (χ1v) is 9.38. The molecule has 0 aliphatic carbocycles. The Bertz CT molecular complexity index is 1080. The zero-order valence-electron chi connectivity index (χ0n) is 14.3. The number of likely N-dealkylation sites (tertiary alicyclic amines) is 1. The summed E-state index contributed by atoms with van der Waals surface area (Å²) in [5.74, 6) is -1.11. The van der Waals surface area contributed by atoms with E-state index in [1.54, 1.807) is 29.3 Å². The Morgan fingerprint density at radius 2 is 2.00 bits per heavy atom. The molecule has 1 N–H and O–H groups in total. The average Bonchev–Trinajstić information content (AvgIpc) is 3.34. The number of hydrogen-bond acceptors (Lipinski definition) is 6. The Labute approximate surface area is 157 Å². The highest BCUT2D eigenvalue weighted by Crippen LogP contribution is 2.25. The number of nitrogens with zero attached hydrogens (tertiary/aromatic N) is 4. The van der Waals surface area contributed by atoms with E-state index in [2.05, 4.69) is 9.97 Å². The molecule has 0 saturated carbocycles.